The lowest BCUT2D eigenvalue weighted by Crippen LogP contribution is -2.13. The number of anilines is 4. The molecule has 0 fully saturated rings. The topological polar surface area (TPSA) is 29.3 Å². The summed E-state index contributed by atoms with van der Waals surface area (Å²) in [6.45, 7) is 0. The van der Waals surface area contributed by atoms with Crippen molar-refractivity contribution in [2.75, 3.05) is 10.6 Å². The Kier molecular flexibility index (Phi) is 15.7. The molecule has 0 amide bonds. The van der Waals surface area contributed by atoms with Gasteiger partial charge in [0.1, 0.15) is 0 Å². The highest BCUT2D eigenvalue weighted by Crippen LogP contribution is 2.51. The number of hydrogen-bond acceptors (Lipinski definition) is 5. The molecule has 0 saturated heterocycles. The van der Waals surface area contributed by atoms with Crippen molar-refractivity contribution in [2.24, 2.45) is 0 Å². The fourth-order valence-corrected chi connectivity index (χ4v) is 16.3. The van der Waals surface area contributed by atoms with Gasteiger partial charge in [0.05, 0.1) is 5.69 Å². The number of thiophene rings is 3. The van der Waals surface area contributed by atoms with Crippen LogP contribution in [0.4, 0.5) is 22.7 Å². The molecule has 0 aliphatic heterocycles. The van der Waals surface area contributed by atoms with Crippen molar-refractivity contribution in [1.29, 1.82) is 0 Å². The maximum atomic E-state index is 6.59. The van der Waals surface area contributed by atoms with Gasteiger partial charge in [-0.15, -0.1) is 34.0 Å². The molecular formula is C84H57BrN2S3. The van der Waals surface area contributed by atoms with Crippen LogP contribution >= 0.6 is 49.9 Å². The van der Waals surface area contributed by atoms with Gasteiger partial charge in [-0.2, -0.15) is 0 Å². The van der Waals surface area contributed by atoms with Crippen LogP contribution < -0.4 is 10.6 Å². The Labute approximate surface area is 544 Å². The van der Waals surface area contributed by atoms with Gasteiger partial charge < -0.3 is 10.6 Å². The first-order chi connectivity index (χ1) is 44.5. The van der Waals surface area contributed by atoms with Crippen LogP contribution in [0.25, 0.3) is 127 Å². The molecule has 2 nitrogen and oxygen atoms in total. The lowest BCUT2D eigenvalue weighted by Gasteiger charge is -2.31. The number of benzene rings is 14. The van der Waals surface area contributed by atoms with E-state index in [1.165, 1.54) is 105 Å². The Morgan fingerprint density at radius 1 is 0.233 bits per heavy atom. The highest BCUT2D eigenvalue weighted by atomic mass is 79.9. The highest BCUT2D eigenvalue weighted by molar-refractivity contribution is 9.10. The van der Waals surface area contributed by atoms with E-state index in [4.69, 9.17) is 5.73 Å². The van der Waals surface area contributed by atoms with Crippen LogP contribution in [0, 0.1) is 0 Å². The minimum absolute atomic E-state index is 0.817. The molecule has 0 aliphatic rings. The number of nitrogen functional groups attached to an aromatic ring is 1. The summed E-state index contributed by atoms with van der Waals surface area (Å²) in [7, 11) is 0. The van der Waals surface area contributed by atoms with E-state index in [9.17, 15) is 0 Å². The summed E-state index contributed by atoms with van der Waals surface area (Å²) in [4.78, 5) is 2.51. The zero-order valence-electron chi connectivity index (χ0n) is 48.9. The van der Waals surface area contributed by atoms with Crippen molar-refractivity contribution < 1.29 is 0 Å². The van der Waals surface area contributed by atoms with Crippen molar-refractivity contribution in [3.05, 3.63) is 338 Å². The van der Waals surface area contributed by atoms with Crippen molar-refractivity contribution in [2.45, 2.75) is 0 Å². The molecule has 0 unspecified atom stereocenters. The predicted octanol–water partition coefficient (Wildman–Crippen LogP) is 26.0. The van der Waals surface area contributed by atoms with E-state index in [0.29, 0.717) is 0 Å². The van der Waals surface area contributed by atoms with Gasteiger partial charge in [0.2, 0.25) is 0 Å². The SMILES string of the molecule is Brc1ccc2c(c1)sc1ccccc12.Nc1c(-c2ccccc2)cc(-c2ccccc2)cc1-c1ccccc1.c1ccc(-c2cc(-c3ccccc3)c(N(c3ccc4c(c3)sc3ccccc34)c3ccc4c(c3)sc3ccccc34)c(-c3ccccc3)c2)cc1. The second-order valence-electron chi connectivity index (χ2n) is 22.2. The second kappa shape index (κ2) is 25.1. The Morgan fingerprint density at radius 2 is 0.511 bits per heavy atom. The lowest BCUT2D eigenvalue weighted by atomic mass is 9.90. The molecule has 0 spiro atoms. The average Bonchev–Trinajstić information content (AvgIpc) is 2.32. The Hall–Kier alpha value is -10.2. The maximum Gasteiger partial charge on any atom is 0.0618 e. The molecule has 6 heteroatoms. The fourth-order valence-electron chi connectivity index (χ4n) is 12.3. The summed E-state index contributed by atoms with van der Waals surface area (Å²) >= 11 is 9.07. The van der Waals surface area contributed by atoms with Crippen LogP contribution in [0.5, 0.6) is 0 Å². The maximum absolute atomic E-state index is 6.59. The summed E-state index contributed by atoms with van der Waals surface area (Å²) in [6, 6.07) is 119. The molecule has 2 N–H and O–H groups in total. The number of nitrogens with zero attached hydrogens (tertiary/aromatic N) is 1. The second-order valence-corrected chi connectivity index (χ2v) is 26.4. The van der Waals surface area contributed by atoms with Gasteiger partial charge >= 0.3 is 0 Å². The molecule has 0 bridgehead atoms. The highest BCUT2D eigenvalue weighted by Gasteiger charge is 2.25. The first-order valence-corrected chi connectivity index (χ1v) is 33.3. The molecule has 0 atom stereocenters. The van der Waals surface area contributed by atoms with Gasteiger partial charge in [-0.05, 0) is 123 Å². The molecule has 3 aromatic heterocycles. The van der Waals surface area contributed by atoms with E-state index >= 15 is 0 Å². The van der Waals surface area contributed by atoms with Crippen LogP contribution in [-0.2, 0) is 0 Å². The van der Waals surface area contributed by atoms with E-state index in [1.54, 1.807) is 0 Å². The van der Waals surface area contributed by atoms with Crippen LogP contribution in [0.15, 0.2) is 338 Å². The van der Waals surface area contributed by atoms with E-state index in [-0.39, 0.29) is 0 Å². The molecule has 90 heavy (non-hydrogen) atoms. The smallest absolute Gasteiger partial charge is 0.0618 e. The number of halogens is 1. The molecule has 3 heterocycles. The van der Waals surface area contributed by atoms with Gasteiger partial charge in [0, 0.05) is 104 Å². The summed E-state index contributed by atoms with van der Waals surface area (Å²) in [5, 5.41) is 7.93. The molecule has 0 aliphatic carbocycles. The van der Waals surface area contributed by atoms with Gasteiger partial charge in [0.25, 0.3) is 0 Å². The van der Waals surface area contributed by atoms with E-state index in [0.717, 1.165) is 49.5 Å². The summed E-state index contributed by atoms with van der Waals surface area (Å²) in [5.41, 5.74) is 24.7. The van der Waals surface area contributed by atoms with Gasteiger partial charge in [-0.25, -0.2) is 0 Å². The summed E-state index contributed by atoms with van der Waals surface area (Å²) in [5.74, 6) is 0. The van der Waals surface area contributed by atoms with Gasteiger partial charge in [-0.1, -0.05) is 271 Å². The van der Waals surface area contributed by atoms with Crippen LogP contribution in [-0.4, -0.2) is 0 Å². The first-order valence-electron chi connectivity index (χ1n) is 30.1. The molecular weight excluding hydrogens is 1210 g/mol. The third-order valence-corrected chi connectivity index (χ3v) is 20.5. The van der Waals surface area contributed by atoms with Crippen LogP contribution in [0.1, 0.15) is 0 Å². The predicted molar refractivity (Wildman–Crippen MR) is 397 cm³/mol. The summed E-state index contributed by atoms with van der Waals surface area (Å²) in [6.07, 6.45) is 0. The van der Waals surface area contributed by atoms with E-state index < -0.39 is 0 Å². The lowest BCUT2D eigenvalue weighted by molar-refractivity contribution is 1.30. The quantitative estimate of drug-likeness (QED) is 0.146. The third-order valence-electron chi connectivity index (χ3n) is 16.6. The normalized spacial score (nSPS) is 11.2. The Balaban J connectivity index is 0.000000142. The minimum atomic E-state index is 0.817. The standard InChI is InChI=1S/C48H31NS2.C24H19N.C12H7BrS/c1-4-14-32(15-5-1)35-28-42(33-16-6-2-7-17-33)48(43(29-35)34-18-8-3-9-19-34)49(36-24-26-40-38-20-10-12-22-44(38)50-46(40)30-36)37-25-27-41-39-21-11-13-23-45(39)51-47(41)31-37;25-24-22(19-12-6-2-7-13-19)16-21(18-10-4-1-5-11-18)17-23(24)20-14-8-3-9-15-20;13-8-5-6-10-9-3-1-2-4-11(9)14-12(10)7-8/h1-31H;1-17H,25H2;1-7H. The molecule has 0 saturated carbocycles. The fraction of sp³-hybridized carbons (Fsp3) is 0. The largest absolute Gasteiger partial charge is 0.398 e. The van der Waals surface area contributed by atoms with E-state index in [1.807, 2.05) is 76.5 Å². The average molecular weight is 1270 g/mol. The molecule has 428 valence electrons. The number of fused-ring (bicyclic) bond motifs is 9. The van der Waals surface area contributed by atoms with Crippen molar-refractivity contribution in [3.8, 4) is 66.8 Å². The monoisotopic (exact) mass is 1270 g/mol. The van der Waals surface area contributed by atoms with Gasteiger partial charge in [-0.3, -0.25) is 0 Å². The van der Waals surface area contributed by atoms with E-state index in [2.05, 4.69) is 312 Å². The zero-order valence-corrected chi connectivity index (χ0v) is 52.9. The molecule has 14 aromatic carbocycles. The van der Waals surface area contributed by atoms with Crippen LogP contribution in [0.3, 0.4) is 0 Å². The number of nitrogens with two attached hydrogens (primary N) is 1. The molecule has 17 aromatic rings. The van der Waals surface area contributed by atoms with Crippen molar-refractivity contribution >= 4 is 133 Å². The van der Waals surface area contributed by atoms with Gasteiger partial charge in [0.15, 0.2) is 0 Å². The third kappa shape index (κ3) is 11.3. The Morgan fingerprint density at radius 3 is 0.878 bits per heavy atom. The Bertz CT molecular complexity index is 5140. The van der Waals surface area contributed by atoms with Crippen molar-refractivity contribution in [1.82, 2.24) is 0 Å². The zero-order chi connectivity index (χ0) is 60.3. The molecule has 17 rings (SSSR count). The van der Waals surface area contributed by atoms with Crippen LogP contribution in [0.2, 0.25) is 0 Å². The number of hydrogen-bond donors (Lipinski definition) is 1. The minimum Gasteiger partial charge on any atom is -0.398 e. The number of rotatable bonds is 9. The first kappa shape index (κ1) is 56.3. The van der Waals surface area contributed by atoms with Crippen molar-refractivity contribution in [3.63, 3.8) is 0 Å². The summed E-state index contributed by atoms with van der Waals surface area (Å²) < 4.78 is 9.04. The molecule has 0 radical (unpaired) electrons.